The smallest absolute Gasteiger partial charge is 0.315 e. The molecule has 8 nitrogen and oxygen atoms in total. The molecule has 20 heavy (non-hydrogen) atoms. The summed E-state index contributed by atoms with van der Waals surface area (Å²) in [6, 6.07) is -0.924. The van der Waals surface area contributed by atoms with Crippen molar-refractivity contribution in [2.24, 2.45) is 0 Å². The monoisotopic (exact) mass is 288 g/mol. The Labute approximate surface area is 118 Å². The third kappa shape index (κ3) is 6.07. The van der Waals surface area contributed by atoms with Crippen LogP contribution in [0.1, 0.15) is 25.7 Å². The van der Waals surface area contributed by atoms with E-state index in [1.165, 1.54) is 0 Å². The second-order valence-corrected chi connectivity index (χ2v) is 4.75. The molecule has 0 radical (unpaired) electrons. The van der Waals surface area contributed by atoms with Crippen LogP contribution in [0.15, 0.2) is 0 Å². The van der Waals surface area contributed by atoms with Crippen LogP contribution in [0.2, 0.25) is 0 Å². The fourth-order valence-electron chi connectivity index (χ4n) is 2.25. The third-order valence-electron chi connectivity index (χ3n) is 3.19. The largest absolute Gasteiger partial charge is 0.395 e. The topological polar surface area (TPSA) is 123 Å². The zero-order valence-corrected chi connectivity index (χ0v) is 11.5. The summed E-state index contributed by atoms with van der Waals surface area (Å²) < 4.78 is 0. The zero-order valence-electron chi connectivity index (χ0n) is 11.5. The molecule has 0 aromatic rings. The summed E-state index contributed by atoms with van der Waals surface area (Å²) in [4.78, 5) is 23.2. The summed E-state index contributed by atoms with van der Waals surface area (Å²) in [6.07, 6.45) is 3.61. The maximum Gasteiger partial charge on any atom is 0.315 e. The van der Waals surface area contributed by atoms with Crippen LogP contribution in [0.4, 0.5) is 9.59 Å². The molecular weight excluding hydrogens is 264 g/mol. The maximum absolute atomic E-state index is 11.6. The van der Waals surface area contributed by atoms with Crippen molar-refractivity contribution >= 4 is 12.1 Å². The first-order valence-corrected chi connectivity index (χ1v) is 6.97. The minimum absolute atomic E-state index is 0.108. The number of nitrogens with one attached hydrogen (secondary N) is 4. The molecule has 0 aromatic carbocycles. The van der Waals surface area contributed by atoms with E-state index >= 15 is 0 Å². The number of urea groups is 2. The molecule has 8 heteroatoms. The van der Waals surface area contributed by atoms with Gasteiger partial charge < -0.3 is 31.5 Å². The molecule has 2 unspecified atom stereocenters. The molecule has 1 fully saturated rings. The van der Waals surface area contributed by atoms with Gasteiger partial charge in [-0.05, 0) is 12.8 Å². The van der Waals surface area contributed by atoms with Gasteiger partial charge in [0.05, 0.1) is 25.3 Å². The van der Waals surface area contributed by atoms with Crippen molar-refractivity contribution in [3.8, 4) is 0 Å². The van der Waals surface area contributed by atoms with Gasteiger partial charge in [-0.1, -0.05) is 12.8 Å². The average Bonchev–Trinajstić information content (AvgIpc) is 2.45. The number of aliphatic hydroxyl groups excluding tert-OH is 2. The molecule has 1 aliphatic rings. The van der Waals surface area contributed by atoms with Crippen LogP contribution < -0.4 is 21.3 Å². The van der Waals surface area contributed by atoms with Gasteiger partial charge in [0, 0.05) is 13.1 Å². The molecule has 0 spiro atoms. The van der Waals surface area contributed by atoms with Crippen LogP contribution in [0.3, 0.4) is 0 Å². The highest BCUT2D eigenvalue weighted by molar-refractivity contribution is 5.75. The fourth-order valence-corrected chi connectivity index (χ4v) is 2.25. The van der Waals surface area contributed by atoms with Crippen LogP contribution in [-0.2, 0) is 0 Å². The van der Waals surface area contributed by atoms with E-state index in [2.05, 4.69) is 21.3 Å². The van der Waals surface area contributed by atoms with Crippen molar-refractivity contribution in [2.45, 2.75) is 37.8 Å². The summed E-state index contributed by atoms with van der Waals surface area (Å²) in [7, 11) is 0. The molecule has 6 N–H and O–H groups in total. The number of carbonyl (C=O) groups is 2. The van der Waals surface area contributed by atoms with Crippen LogP contribution in [0.25, 0.3) is 0 Å². The molecule has 4 amide bonds. The Morgan fingerprint density at radius 3 is 1.60 bits per heavy atom. The molecule has 0 aromatic heterocycles. The molecule has 0 bridgehead atoms. The Morgan fingerprint density at radius 1 is 0.850 bits per heavy atom. The predicted octanol–water partition coefficient (Wildman–Crippen LogP) is -1.12. The Bertz CT molecular complexity index is 284. The summed E-state index contributed by atoms with van der Waals surface area (Å²) >= 11 is 0. The minimum atomic E-state index is -0.339. The lowest BCUT2D eigenvalue weighted by Crippen LogP contribution is -2.56. The van der Waals surface area contributed by atoms with E-state index in [0.29, 0.717) is 0 Å². The van der Waals surface area contributed by atoms with Gasteiger partial charge >= 0.3 is 12.1 Å². The van der Waals surface area contributed by atoms with Crippen LogP contribution in [-0.4, -0.2) is 60.7 Å². The van der Waals surface area contributed by atoms with Gasteiger partial charge in [0.25, 0.3) is 0 Å². The number of hydrogen-bond donors (Lipinski definition) is 6. The molecule has 1 aliphatic carbocycles. The molecule has 1 saturated carbocycles. The first-order chi connectivity index (χ1) is 9.67. The average molecular weight is 288 g/mol. The van der Waals surface area contributed by atoms with E-state index in [-0.39, 0.29) is 50.4 Å². The standard InChI is InChI=1S/C12H24N4O4/c17-7-5-13-11(19)15-9-3-1-2-4-10(9)16-12(20)14-6-8-18/h9-10,17-18H,1-8H2,(H2,13,15,19)(H2,14,16,20). The fraction of sp³-hybridized carbons (Fsp3) is 0.833. The van der Waals surface area contributed by atoms with Gasteiger partial charge in [0.15, 0.2) is 0 Å². The lowest BCUT2D eigenvalue weighted by Gasteiger charge is -2.32. The number of carbonyl (C=O) groups excluding carboxylic acids is 2. The van der Waals surface area contributed by atoms with Crippen LogP contribution >= 0.6 is 0 Å². The van der Waals surface area contributed by atoms with Gasteiger partial charge in [-0.25, -0.2) is 9.59 Å². The Balaban J connectivity index is 2.41. The van der Waals surface area contributed by atoms with Crippen LogP contribution in [0.5, 0.6) is 0 Å². The lowest BCUT2D eigenvalue weighted by atomic mass is 9.90. The van der Waals surface area contributed by atoms with E-state index in [1.807, 2.05) is 0 Å². The van der Waals surface area contributed by atoms with Gasteiger partial charge in [-0.15, -0.1) is 0 Å². The Kier molecular flexibility index (Phi) is 7.74. The van der Waals surface area contributed by atoms with Crippen molar-refractivity contribution in [1.29, 1.82) is 0 Å². The first-order valence-electron chi connectivity index (χ1n) is 6.97. The highest BCUT2D eigenvalue weighted by atomic mass is 16.3. The van der Waals surface area contributed by atoms with Gasteiger partial charge in [-0.2, -0.15) is 0 Å². The quantitative estimate of drug-likeness (QED) is 0.370. The van der Waals surface area contributed by atoms with Crippen LogP contribution in [0, 0.1) is 0 Å². The van der Waals surface area contributed by atoms with E-state index in [4.69, 9.17) is 10.2 Å². The lowest BCUT2D eigenvalue weighted by molar-refractivity contribution is 0.209. The number of amides is 4. The summed E-state index contributed by atoms with van der Waals surface area (Å²) in [5, 5.41) is 28.0. The van der Waals surface area contributed by atoms with E-state index in [0.717, 1.165) is 25.7 Å². The molecule has 2 atom stereocenters. The normalized spacial score (nSPS) is 21.9. The Morgan fingerprint density at radius 2 is 1.25 bits per heavy atom. The summed E-state index contributed by atoms with van der Waals surface area (Å²) in [6.45, 7) is 0.188. The van der Waals surface area contributed by atoms with Gasteiger partial charge in [0.2, 0.25) is 0 Å². The predicted molar refractivity (Wildman–Crippen MR) is 73.3 cm³/mol. The molecular formula is C12H24N4O4. The minimum Gasteiger partial charge on any atom is -0.395 e. The van der Waals surface area contributed by atoms with E-state index in [1.54, 1.807) is 0 Å². The molecule has 0 aliphatic heterocycles. The van der Waals surface area contributed by atoms with E-state index < -0.39 is 0 Å². The van der Waals surface area contributed by atoms with Crippen molar-refractivity contribution in [3.63, 3.8) is 0 Å². The zero-order chi connectivity index (χ0) is 14.8. The molecule has 116 valence electrons. The molecule has 1 rings (SSSR count). The van der Waals surface area contributed by atoms with Crippen molar-refractivity contribution < 1.29 is 19.8 Å². The Hall–Kier alpha value is -1.54. The maximum atomic E-state index is 11.6. The summed E-state index contributed by atoms with van der Waals surface area (Å²) in [5.41, 5.74) is 0. The molecule has 0 heterocycles. The van der Waals surface area contributed by atoms with E-state index in [9.17, 15) is 9.59 Å². The molecule has 0 saturated heterocycles. The van der Waals surface area contributed by atoms with Crippen molar-refractivity contribution in [1.82, 2.24) is 21.3 Å². The highest BCUT2D eigenvalue weighted by Crippen LogP contribution is 2.18. The number of rotatable bonds is 6. The van der Waals surface area contributed by atoms with Gasteiger partial charge in [0.1, 0.15) is 0 Å². The highest BCUT2D eigenvalue weighted by Gasteiger charge is 2.27. The van der Waals surface area contributed by atoms with Crippen molar-refractivity contribution in [2.75, 3.05) is 26.3 Å². The SMILES string of the molecule is O=C(NCCO)NC1CCCCC1NC(=O)NCCO. The summed E-state index contributed by atoms with van der Waals surface area (Å²) in [5.74, 6) is 0. The third-order valence-corrected chi connectivity index (χ3v) is 3.19. The van der Waals surface area contributed by atoms with Gasteiger partial charge in [-0.3, -0.25) is 0 Å². The second kappa shape index (κ2) is 9.38. The number of hydrogen-bond acceptors (Lipinski definition) is 4. The second-order valence-electron chi connectivity index (χ2n) is 4.75. The number of aliphatic hydroxyl groups is 2. The first kappa shape index (κ1) is 16.5. The van der Waals surface area contributed by atoms with Crippen molar-refractivity contribution in [3.05, 3.63) is 0 Å².